The number of nitrogens with two attached hydrogens (primary N) is 1. The Labute approximate surface area is 104 Å². The molecule has 0 saturated heterocycles. The molecule has 2 N–H and O–H groups in total. The van der Waals surface area contributed by atoms with Crippen molar-refractivity contribution in [2.75, 3.05) is 13.7 Å². The van der Waals surface area contributed by atoms with E-state index >= 15 is 0 Å². The Bertz CT molecular complexity index is 326. The molecule has 2 unspecified atom stereocenters. The van der Waals surface area contributed by atoms with Gasteiger partial charge in [0.25, 0.3) is 0 Å². The summed E-state index contributed by atoms with van der Waals surface area (Å²) in [7, 11) is 1.71. The van der Waals surface area contributed by atoms with Gasteiger partial charge >= 0.3 is 0 Å². The van der Waals surface area contributed by atoms with Gasteiger partial charge in [0.05, 0.1) is 6.10 Å². The highest BCUT2D eigenvalue weighted by Crippen LogP contribution is 2.21. The summed E-state index contributed by atoms with van der Waals surface area (Å²) in [5.74, 6) is 0.938. The van der Waals surface area contributed by atoms with Crippen molar-refractivity contribution < 1.29 is 9.47 Å². The highest BCUT2D eigenvalue weighted by Gasteiger charge is 2.09. The summed E-state index contributed by atoms with van der Waals surface area (Å²) in [4.78, 5) is 0. The third-order valence-corrected chi connectivity index (χ3v) is 2.57. The van der Waals surface area contributed by atoms with Crippen LogP contribution in [-0.2, 0) is 11.2 Å². The number of hydrogen-bond donors (Lipinski definition) is 1. The van der Waals surface area contributed by atoms with E-state index in [9.17, 15) is 0 Å². The second kappa shape index (κ2) is 7.30. The van der Waals surface area contributed by atoms with E-state index < -0.39 is 0 Å². The fraction of sp³-hybridized carbons (Fsp3) is 0.571. The van der Waals surface area contributed by atoms with Crippen molar-refractivity contribution in [1.29, 1.82) is 0 Å². The molecule has 0 spiro atoms. The summed E-state index contributed by atoms with van der Waals surface area (Å²) in [5.41, 5.74) is 7.00. The number of benzene rings is 1. The molecule has 2 atom stereocenters. The van der Waals surface area contributed by atoms with Gasteiger partial charge < -0.3 is 15.2 Å². The molecule has 1 aromatic carbocycles. The van der Waals surface area contributed by atoms with Gasteiger partial charge in [0.1, 0.15) is 5.75 Å². The van der Waals surface area contributed by atoms with Crippen LogP contribution in [0.15, 0.2) is 24.3 Å². The maximum absolute atomic E-state index is 5.91. The molecule has 0 aliphatic carbocycles. The largest absolute Gasteiger partial charge is 0.490 e. The Morgan fingerprint density at radius 3 is 2.59 bits per heavy atom. The molecule has 0 aliphatic rings. The molecule has 3 heteroatoms. The van der Waals surface area contributed by atoms with Gasteiger partial charge in [-0.2, -0.15) is 0 Å². The van der Waals surface area contributed by atoms with Crippen molar-refractivity contribution >= 4 is 0 Å². The quantitative estimate of drug-likeness (QED) is 0.792. The van der Waals surface area contributed by atoms with Gasteiger partial charge in [0.2, 0.25) is 0 Å². The molecule has 0 radical (unpaired) electrons. The topological polar surface area (TPSA) is 44.5 Å². The molecule has 96 valence electrons. The number of methoxy groups -OCH3 is 1. The molecule has 0 amide bonds. The molecule has 0 heterocycles. The lowest BCUT2D eigenvalue weighted by Crippen LogP contribution is -2.20. The zero-order chi connectivity index (χ0) is 12.7. The fourth-order valence-electron chi connectivity index (χ4n) is 1.69. The smallest absolute Gasteiger partial charge is 0.122 e. The van der Waals surface area contributed by atoms with Gasteiger partial charge in [-0.15, -0.1) is 0 Å². The maximum Gasteiger partial charge on any atom is 0.122 e. The van der Waals surface area contributed by atoms with Crippen LogP contribution >= 0.6 is 0 Å². The first-order valence-corrected chi connectivity index (χ1v) is 6.12. The molecule has 0 bridgehead atoms. The summed E-state index contributed by atoms with van der Waals surface area (Å²) in [6.45, 7) is 4.78. The number of ether oxygens (including phenoxy) is 2. The van der Waals surface area contributed by atoms with E-state index in [0.29, 0.717) is 0 Å². The molecule has 0 aromatic heterocycles. The van der Waals surface area contributed by atoms with Crippen LogP contribution < -0.4 is 10.5 Å². The first-order valence-electron chi connectivity index (χ1n) is 6.12. The average Bonchev–Trinajstić information content (AvgIpc) is 2.28. The van der Waals surface area contributed by atoms with Crippen LogP contribution in [0.25, 0.3) is 0 Å². The molecule has 3 nitrogen and oxygen atoms in total. The minimum absolute atomic E-state index is 0.147. The Kier molecular flexibility index (Phi) is 6.01. The van der Waals surface area contributed by atoms with Crippen molar-refractivity contribution in [3.8, 4) is 5.75 Å². The predicted molar refractivity (Wildman–Crippen MR) is 70.4 cm³/mol. The minimum Gasteiger partial charge on any atom is -0.490 e. The number of rotatable bonds is 7. The van der Waals surface area contributed by atoms with E-state index in [1.165, 1.54) is 5.56 Å². The van der Waals surface area contributed by atoms with Crippen LogP contribution in [0.1, 0.15) is 25.8 Å². The summed E-state index contributed by atoms with van der Waals surface area (Å²) < 4.78 is 11.0. The summed E-state index contributed by atoms with van der Waals surface area (Å²) in [6.07, 6.45) is 1.89. The third kappa shape index (κ3) is 5.20. The van der Waals surface area contributed by atoms with Crippen molar-refractivity contribution in [3.63, 3.8) is 0 Å². The molecule has 17 heavy (non-hydrogen) atoms. The van der Waals surface area contributed by atoms with E-state index in [4.69, 9.17) is 15.2 Å². The maximum atomic E-state index is 5.91. The van der Waals surface area contributed by atoms with Gasteiger partial charge in [-0.3, -0.25) is 0 Å². The normalized spacial score (nSPS) is 14.4. The van der Waals surface area contributed by atoms with E-state index in [0.717, 1.165) is 25.2 Å². The van der Waals surface area contributed by atoms with E-state index in [1.807, 2.05) is 25.1 Å². The first kappa shape index (κ1) is 14.0. The zero-order valence-corrected chi connectivity index (χ0v) is 11.0. The Hall–Kier alpha value is -1.06. The summed E-state index contributed by atoms with van der Waals surface area (Å²) in [5, 5.41) is 0. The molecule has 1 aromatic rings. The molecule has 0 aliphatic heterocycles. The monoisotopic (exact) mass is 237 g/mol. The summed E-state index contributed by atoms with van der Waals surface area (Å²) in [6, 6.07) is 8.23. The van der Waals surface area contributed by atoms with Gasteiger partial charge in [0, 0.05) is 26.2 Å². The average molecular weight is 237 g/mol. The third-order valence-electron chi connectivity index (χ3n) is 2.57. The second-order valence-corrected chi connectivity index (χ2v) is 4.50. The van der Waals surface area contributed by atoms with Gasteiger partial charge in [-0.05, 0) is 31.9 Å². The minimum atomic E-state index is 0.147. The SMILES string of the molecule is COCCC(C)Oc1ccccc1CC(C)N. The van der Waals surface area contributed by atoms with Crippen LogP contribution in [-0.4, -0.2) is 25.9 Å². The van der Waals surface area contributed by atoms with Crippen LogP contribution in [0, 0.1) is 0 Å². The Balaban J connectivity index is 2.62. The lowest BCUT2D eigenvalue weighted by molar-refractivity contribution is 0.134. The highest BCUT2D eigenvalue weighted by molar-refractivity contribution is 5.34. The molecule has 0 fully saturated rings. The van der Waals surface area contributed by atoms with Crippen LogP contribution in [0.3, 0.4) is 0 Å². The van der Waals surface area contributed by atoms with Gasteiger partial charge in [-0.25, -0.2) is 0 Å². The highest BCUT2D eigenvalue weighted by atomic mass is 16.5. The standard InChI is InChI=1S/C14H23NO2/c1-11(15)10-13-6-4-5-7-14(13)17-12(2)8-9-16-3/h4-7,11-12H,8-10,15H2,1-3H3. The van der Waals surface area contributed by atoms with E-state index in [-0.39, 0.29) is 12.1 Å². The number of para-hydroxylation sites is 1. The summed E-state index contributed by atoms with van der Waals surface area (Å²) >= 11 is 0. The van der Waals surface area contributed by atoms with Crippen molar-refractivity contribution in [3.05, 3.63) is 29.8 Å². The van der Waals surface area contributed by atoms with Crippen LogP contribution in [0.4, 0.5) is 0 Å². The van der Waals surface area contributed by atoms with Gasteiger partial charge in [0.15, 0.2) is 0 Å². The second-order valence-electron chi connectivity index (χ2n) is 4.50. The van der Waals surface area contributed by atoms with Crippen molar-refractivity contribution in [1.82, 2.24) is 0 Å². The Morgan fingerprint density at radius 1 is 1.24 bits per heavy atom. The van der Waals surface area contributed by atoms with Crippen molar-refractivity contribution in [2.45, 2.75) is 38.8 Å². The van der Waals surface area contributed by atoms with Gasteiger partial charge in [-0.1, -0.05) is 18.2 Å². The zero-order valence-electron chi connectivity index (χ0n) is 11.0. The van der Waals surface area contributed by atoms with Crippen LogP contribution in [0.2, 0.25) is 0 Å². The first-order chi connectivity index (χ1) is 8.13. The molecule has 1 rings (SSSR count). The van der Waals surface area contributed by atoms with E-state index in [2.05, 4.69) is 13.0 Å². The molecule has 0 saturated carbocycles. The van der Waals surface area contributed by atoms with Crippen molar-refractivity contribution in [2.24, 2.45) is 5.73 Å². The lowest BCUT2D eigenvalue weighted by atomic mass is 10.1. The molecular weight excluding hydrogens is 214 g/mol. The van der Waals surface area contributed by atoms with E-state index in [1.54, 1.807) is 7.11 Å². The lowest BCUT2D eigenvalue weighted by Gasteiger charge is -2.18. The number of hydrogen-bond acceptors (Lipinski definition) is 3. The van der Waals surface area contributed by atoms with Crippen LogP contribution in [0.5, 0.6) is 5.75 Å². The molecular formula is C14H23NO2. The Morgan fingerprint density at radius 2 is 1.94 bits per heavy atom. The predicted octanol–water partition coefficient (Wildman–Crippen LogP) is 2.38. The fourth-order valence-corrected chi connectivity index (χ4v) is 1.69.